The maximum Gasteiger partial charge on any atom is 0.326 e. The number of carboxylic acids is 1. The number of hydrogen-bond donors (Lipinski definition) is 10. The first kappa shape index (κ1) is 34.9. The largest absolute Gasteiger partial charge is 0.480 e. The van der Waals surface area contributed by atoms with Crippen LogP contribution in [-0.4, -0.2) is 83.9 Å². The quantitative estimate of drug-likeness (QED) is 0.0413. The molecule has 0 heterocycles. The lowest BCUT2D eigenvalue weighted by molar-refractivity contribution is -0.144. The maximum atomic E-state index is 13.1. The Bertz CT molecular complexity index is 903. The van der Waals surface area contributed by atoms with Crippen LogP contribution in [0.2, 0.25) is 0 Å². The fraction of sp³-hybridized carbons (Fsp3) is 0.682. The van der Waals surface area contributed by atoms with Crippen LogP contribution >= 0.6 is 0 Å². The third kappa shape index (κ3) is 15.0. The molecular weight excluding hydrogens is 514 g/mol. The van der Waals surface area contributed by atoms with Crippen molar-refractivity contribution >= 4 is 41.5 Å². The van der Waals surface area contributed by atoms with Gasteiger partial charge in [0.05, 0.1) is 12.5 Å². The lowest BCUT2D eigenvalue weighted by atomic mass is 9.98. The van der Waals surface area contributed by atoms with Crippen LogP contribution in [0, 0.1) is 5.92 Å². The van der Waals surface area contributed by atoms with Crippen LogP contribution in [0.1, 0.15) is 52.4 Å². The van der Waals surface area contributed by atoms with Gasteiger partial charge in [-0.2, -0.15) is 0 Å². The normalized spacial score (nSPS) is 14.4. The molecule has 4 amide bonds. The minimum atomic E-state index is -1.45. The molecular formula is C22H43N11O6. The summed E-state index contributed by atoms with van der Waals surface area (Å²) < 4.78 is 0. The number of rotatable bonds is 19. The third-order valence-electron chi connectivity index (χ3n) is 5.70. The number of carboxylic acid groups (broad SMARTS) is 1. The third-order valence-corrected chi connectivity index (χ3v) is 5.70. The number of nitrogens with zero attached hydrogens (tertiary/aromatic N) is 2. The number of aliphatic carboxylic acids is 1. The molecule has 0 spiro atoms. The van der Waals surface area contributed by atoms with E-state index in [1.54, 1.807) is 13.8 Å². The van der Waals surface area contributed by atoms with E-state index in [1.807, 2.05) is 0 Å². The molecule has 0 aromatic carbocycles. The standard InChI is InChI=1S/C22H43N11O6/c1-3-11(2)16(20(38)39)33-18(36)13(7-5-9-30-22(27)28)31-19(37)14(10-15(24)34)32-17(35)12(23)6-4-8-29-21(25)26/h11-14,16H,3-10,23H2,1-2H3,(H2,24,34)(H,31,37)(H,32,35)(H,33,36)(H,38,39)(H4,25,26,29)(H4,27,28,30). The fourth-order valence-electron chi connectivity index (χ4n) is 3.32. The van der Waals surface area contributed by atoms with Crippen molar-refractivity contribution in [3.05, 3.63) is 0 Å². The average Bonchev–Trinajstić information content (AvgIpc) is 2.84. The highest BCUT2D eigenvalue weighted by Gasteiger charge is 2.32. The number of aliphatic imine (C=N–C) groups is 2. The molecule has 16 N–H and O–H groups in total. The molecule has 0 bridgehead atoms. The van der Waals surface area contributed by atoms with Crippen LogP contribution in [0.25, 0.3) is 0 Å². The summed E-state index contributed by atoms with van der Waals surface area (Å²) in [5.41, 5.74) is 32.2. The van der Waals surface area contributed by atoms with Crippen molar-refractivity contribution in [2.24, 2.45) is 50.3 Å². The summed E-state index contributed by atoms with van der Waals surface area (Å²) in [5, 5.41) is 16.8. The number of amides is 4. The molecule has 17 nitrogen and oxygen atoms in total. The molecule has 17 heteroatoms. The van der Waals surface area contributed by atoms with E-state index >= 15 is 0 Å². The van der Waals surface area contributed by atoms with Gasteiger partial charge in [-0.1, -0.05) is 20.3 Å². The van der Waals surface area contributed by atoms with Crippen LogP contribution in [0.3, 0.4) is 0 Å². The van der Waals surface area contributed by atoms with Crippen LogP contribution in [0.5, 0.6) is 0 Å². The summed E-state index contributed by atoms with van der Waals surface area (Å²) >= 11 is 0. The van der Waals surface area contributed by atoms with Gasteiger partial charge in [-0.25, -0.2) is 4.79 Å². The van der Waals surface area contributed by atoms with Gasteiger partial charge in [-0.3, -0.25) is 29.2 Å². The zero-order valence-corrected chi connectivity index (χ0v) is 22.4. The summed E-state index contributed by atoms with van der Waals surface area (Å²) in [6, 6.07) is -4.94. The van der Waals surface area contributed by atoms with Gasteiger partial charge in [-0.05, 0) is 31.6 Å². The molecule has 0 saturated heterocycles. The molecule has 5 atom stereocenters. The van der Waals surface area contributed by atoms with Crippen LogP contribution in [-0.2, 0) is 24.0 Å². The first-order chi connectivity index (χ1) is 18.2. The molecule has 0 aliphatic carbocycles. The Morgan fingerprint density at radius 1 is 0.769 bits per heavy atom. The van der Waals surface area contributed by atoms with Crippen LogP contribution < -0.4 is 50.4 Å². The second kappa shape index (κ2) is 18.2. The second-order valence-corrected chi connectivity index (χ2v) is 9.01. The van der Waals surface area contributed by atoms with Gasteiger partial charge in [-0.15, -0.1) is 0 Å². The van der Waals surface area contributed by atoms with Crippen molar-refractivity contribution in [1.29, 1.82) is 0 Å². The molecule has 0 fully saturated rings. The zero-order valence-electron chi connectivity index (χ0n) is 22.4. The van der Waals surface area contributed by atoms with Gasteiger partial charge in [0, 0.05) is 13.1 Å². The van der Waals surface area contributed by atoms with Crippen molar-refractivity contribution in [2.45, 2.75) is 76.5 Å². The lowest BCUT2D eigenvalue weighted by Gasteiger charge is -2.26. The number of nitrogens with two attached hydrogens (primary N) is 6. The first-order valence-electron chi connectivity index (χ1n) is 12.5. The number of guanidine groups is 2. The summed E-state index contributed by atoms with van der Waals surface area (Å²) in [5.74, 6) is -5.22. The number of carbonyl (C=O) groups excluding carboxylic acids is 4. The van der Waals surface area contributed by atoms with Gasteiger partial charge < -0.3 is 55.5 Å². The highest BCUT2D eigenvalue weighted by molar-refractivity contribution is 5.96. The van der Waals surface area contributed by atoms with E-state index in [4.69, 9.17) is 34.4 Å². The second-order valence-electron chi connectivity index (χ2n) is 9.01. The van der Waals surface area contributed by atoms with E-state index in [0.29, 0.717) is 12.8 Å². The molecule has 0 aliphatic heterocycles. The monoisotopic (exact) mass is 557 g/mol. The van der Waals surface area contributed by atoms with Gasteiger partial charge in [0.25, 0.3) is 0 Å². The fourth-order valence-corrected chi connectivity index (χ4v) is 3.32. The van der Waals surface area contributed by atoms with Crippen molar-refractivity contribution in [1.82, 2.24) is 16.0 Å². The van der Waals surface area contributed by atoms with Crippen molar-refractivity contribution in [3.8, 4) is 0 Å². The van der Waals surface area contributed by atoms with E-state index in [0.717, 1.165) is 0 Å². The van der Waals surface area contributed by atoms with E-state index in [-0.39, 0.29) is 44.3 Å². The molecule has 5 unspecified atom stereocenters. The number of hydrogen-bond acceptors (Lipinski definition) is 8. The average molecular weight is 558 g/mol. The van der Waals surface area contributed by atoms with E-state index in [2.05, 4.69) is 25.9 Å². The summed E-state index contributed by atoms with van der Waals surface area (Å²) in [6.45, 7) is 3.79. The minimum absolute atomic E-state index is 0.0166. The molecule has 0 rings (SSSR count). The zero-order chi connectivity index (χ0) is 30.1. The minimum Gasteiger partial charge on any atom is -0.480 e. The van der Waals surface area contributed by atoms with Crippen molar-refractivity contribution in [2.75, 3.05) is 13.1 Å². The molecule has 39 heavy (non-hydrogen) atoms. The van der Waals surface area contributed by atoms with Gasteiger partial charge >= 0.3 is 5.97 Å². The molecule has 0 aliphatic rings. The Labute approximate surface area is 226 Å². The molecule has 0 aromatic heterocycles. The predicted octanol–water partition coefficient (Wildman–Crippen LogP) is -4.12. The Balaban J connectivity index is 5.62. The maximum absolute atomic E-state index is 13.1. The summed E-state index contributed by atoms with van der Waals surface area (Å²) in [7, 11) is 0. The van der Waals surface area contributed by atoms with Crippen LogP contribution in [0.15, 0.2) is 9.98 Å². The van der Waals surface area contributed by atoms with Gasteiger partial charge in [0.2, 0.25) is 23.6 Å². The Morgan fingerprint density at radius 3 is 1.72 bits per heavy atom. The predicted molar refractivity (Wildman–Crippen MR) is 144 cm³/mol. The Morgan fingerprint density at radius 2 is 1.26 bits per heavy atom. The van der Waals surface area contributed by atoms with E-state index in [1.165, 1.54) is 0 Å². The topological polar surface area (TPSA) is 323 Å². The Kier molecular flexibility index (Phi) is 16.2. The van der Waals surface area contributed by atoms with Crippen molar-refractivity contribution < 1.29 is 29.1 Å². The molecule has 0 saturated carbocycles. The number of primary amides is 1. The smallest absolute Gasteiger partial charge is 0.326 e. The van der Waals surface area contributed by atoms with Gasteiger partial charge in [0.1, 0.15) is 18.1 Å². The van der Waals surface area contributed by atoms with Gasteiger partial charge in [0.15, 0.2) is 11.9 Å². The number of nitrogens with one attached hydrogen (secondary N) is 3. The van der Waals surface area contributed by atoms with Crippen molar-refractivity contribution in [3.63, 3.8) is 0 Å². The summed E-state index contributed by atoms with van der Waals surface area (Å²) in [4.78, 5) is 69.5. The van der Waals surface area contributed by atoms with E-state index < -0.39 is 66.1 Å². The SMILES string of the molecule is CCC(C)C(NC(=O)C(CCCN=C(N)N)NC(=O)C(CC(N)=O)NC(=O)C(N)CCCN=C(N)N)C(=O)O. The number of carbonyl (C=O) groups is 5. The highest BCUT2D eigenvalue weighted by atomic mass is 16.4. The highest BCUT2D eigenvalue weighted by Crippen LogP contribution is 2.10. The lowest BCUT2D eigenvalue weighted by Crippen LogP contribution is -2.58. The summed E-state index contributed by atoms with van der Waals surface area (Å²) in [6.07, 6.45) is 0.699. The molecule has 0 radical (unpaired) electrons. The van der Waals surface area contributed by atoms with Crippen LogP contribution in [0.4, 0.5) is 0 Å². The first-order valence-corrected chi connectivity index (χ1v) is 12.5. The van der Waals surface area contributed by atoms with E-state index in [9.17, 15) is 29.1 Å². The molecule has 0 aromatic rings. The Hall–Kier alpha value is -4.15. The molecule has 222 valence electrons.